The second-order valence-corrected chi connectivity index (χ2v) is 6.15. The van der Waals surface area contributed by atoms with E-state index in [0.717, 1.165) is 50.4 Å². The maximum absolute atomic E-state index is 14.0. The number of hydrogen-bond donors (Lipinski definition) is 1. The highest BCUT2D eigenvalue weighted by molar-refractivity contribution is 5.60. The van der Waals surface area contributed by atoms with Crippen LogP contribution in [0.4, 0.5) is 10.1 Å². The molecule has 1 unspecified atom stereocenters. The summed E-state index contributed by atoms with van der Waals surface area (Å²) in [5, 5.41) is 3.38. The second-order valence-electron chi connectivity index (χ2n) is 6.15. The van der Waals surface area contributed by atoms with E-state index >= 15 is 0 Å². The molecule has 1 saturated heterocycles. The molecule has 0 amide bonds. The predicted octanol–water partition coefficient (Wildman–Crippen LogP) is 1.87. The van der Waals surface area contributed by atoms with Crippen LogP contribution in [0.1, 0.15) is 19.4 Å². The number of nitrogens with one attached hydrogen (secondary N) is 1. The number of anilines is 1. The molecule has 3 nitrogen and oxygen atoms in total. The van der Waals surface area contributed by atoms with E-state index in [1.54, 1.807) is 6.07 Å². The molecule has 2 aliphatic heterocycles. The Labute approximate surface area is 120 Å². The van der Waals surface area contributed by atoms with Gasteiger partial charge in [0.25, 0.3) is 0 Å². The lowest BCUT2D eigenvalue weighted by molar-refractivity contribution is 0.224. The van der Waals surface area contributed by atoms with Crippen LogP contribution in [-0.4, -0.2) is 49.7 Å². The fourth-order valence-corrected chi connectivity index (χ4v) is 3.57. The summed E-state index contributed by atoms with van der Waals surface area (Å²) in [5.74, 6) is -0.0454. The number of fused-ring (bicyclic) bond motifs is 1. The van der Waals surface area contributed by atoms with E-state index in [1.807, 2.05) is 6.07 Å². The van der Waals surface area contributed by atoms with Gasteiger partial charge in [-0.05, 0) is 32.4 Å². The highest BCUT2D eigenvalue weighted by Gasteiger charge is 2.33. The lowest BCUT2D eigenvalue weighted by Crippen LogP contribution is -2.50. The molecule has 110 valence electrons. The predicted molar refractivity (Wildman–Crippen MR) is 80.8 cm³/mol. The number of hydrogen-bond acceptors (Lipinski definition) is 3. The summed E-state index contributed by atoms with van der Waals surface area (Å²) < 4.78 is 14.0. The fourth-order valence-electron chi connectivity index (χ4n) is 3.57. The van der Waals surface area contributed by atoms with Crippen LogP contribution >= 0.6 is 0 Å². The van der Waals surface area contributed by atoms with Crippen LogP contribution in [0.5, 0.6) is 0 Å². The minimum absolute atomic E-state index is 0.0454. The molecule has 0 bridgehead atoms. The number of benzene rings is 1. The zero-order chi connectivity index (χ0) is 14.1. The molecule has 0 radical (unpaired) electrons. The van der Waals surface area contributed by atoms with Crippen LogP contribution in [0.3, 0.4) is 0 Å². The number of halogens is 1. The monoisotopic (exact) mass is 277 g/mol. The van der Waals surface area contributed by atoms with Crippen molar-refractivity contribution in [3.05, 3.63) is 29.6 Å². The minimum atomic E-state index is -0.0454. The number of piperazine rings is 1. The Balaban J connectivity index is 1.80. The van der Waals surface area contributed by atoms with E-state index < -0.39 is 0 Å². The highest BCUT2D eigenvalue weighted by atomic mass is 19.1. The molecular formula is C16H24FN3. The molecule has 2 aliphatic rings. The van der Waals surface area contributed by atoms with Gasteiger partial charge >= 0.3 is 0 Å². The summed E-state index contributed by atoms with van der Waals surface area (Å²) >= 11 is 0. The van der Waals surface area contributed by atoms with Gasteiger partial charge in [0, 0.05) is 56.1 Å². The quantitative estimate of drug-likeness (QED) is 0.910. The molecule has 1 aromatic rings. The Morgan fingerprint density at radius 2 is 2.05 bits per heavy atom. The van der Waals surface area contributed by atoms with Crippen molar-refractivity contribution in [3.63, 3.8) is 0 Å². The molecule has 1 atom stereocenters. The number of nitrogens with zero attached hydrogens (tertiary/aromatic N) is 2. The van der Waals surface area contributed by atoms with Gasteiger partial charge in [0.2, 0.25) is 0 Å². The highest BCUT2D eigenvalue weighted by Crippen LogP contribution is 2.35. The largest absolute Gasteiger partial charge is 0.364 e. The van der Waals surface area contributed by atoms with Crippen LogP contribution in [0.2, 0.25) is 0 Å². The summed E-state index contributed by atoms with van der Waals surface area (Å²) in [5.41, 5.74) is 2.00. The van der Waals surface area contributed by atoms with Gasteiger partial charge in [-0.3, -0.25) is 4.90 Å². The molecule has 1 aromatic carbocycles. The topological polar surface area (TPSA) is 18.5 Å². The average molecular weight is 277 g/mol. The van der Waals surface area contributed by atoms with Gasteiger partial charge in [-0.25, -0.2) is 4.39 Å². The maximum atomic E-state index is 14.0. The minimum Gasteiger partial charge on any atom is -0.364 e. The second kappa shape index (κ2) is 5.70. The Hall–Kier alpha value is -1.13. The Kier molecular flexibility index (Phi) is 3.94. The van der Waals surface area contributed by atoms with E-state index in [4.69, 9.17) is 0 Å². The van der Waals surface area contributed by atoms with E-state index in [0.29, 0.717) is 12.1 Å². The van der Waals surface area contributed by atoms with Gasteiger partial charge in [-0.15, -0.1) is 0 Å². The van der Waals surface area contributed by atoms with Crippen LogP contribution in [0.25, 0.3) is 0 Å². The van der Waals surface area contributed by atoms with Gasteiger partial charge < -0.3 is 10.2 Å². The SMILES string of the molecule is CC(C)N1c2cccc(F)c2CC1CN1CCNCC1. The first-order valence-electron chi connectivity index (χ1n) is 7.65. The van der Waals surface area contributed by atoms with Crippen molar-refractivity contribution in [2.24, 2.45) is 0 Å². The Morgan fingerprint density at radius 1 is 1.30 bits per heavy atom. The average Bonchev–Trinajstić information content (AvgIpc) is 2.79. The smallest absolute Gasteiger partial charge is 0.128 e. The first-order valence-corrected chi connectivity index (χ1v) is 7.65. The molecule has 1 fully saturated rings. The molecule has 0 aliphatic carbocycles. The van der Waals surface area contributed by atoms with E-state index in [1.165, 1.54) is 0 Å². The molecule has 0 saturated carbocycles. The Bertz CT molecular complexity index is 469. The maximum Gasteiger partial charge on any atom is 0.128 e. The molecular weight excluding hydrogens is 253 g/mol. The zero-order valence-corrected chi connectivity index (χ0v) is 12.4. The van der Waals surface area contributed by atoms with Gasteiger partial charge in [0.15, 0.2) is 0 Å². The van der Waals surface area contributed by atoms with E-state index in [9.17, 15) is 4.39 Å². The van der Waals surface area contributed by atoms with Crippen molar-refractivity contribution in [2.45, 2.75) is 32.4 Å². The first kappa shape index (κ1) is 13.8. The van der Waals surface area contributed by atoms with Gasteiger partial charge in [-0.2, -0.15) is 0 Å². The van der Waals surface area contributed by atoms with Crippen molar-refractivity contribution in [1.29, 1.82) is 0 Å². The Morgan fingerprint density at radius 3 is 2.75 bits per heavy atom. The van der Waals surface area contributed by atoms with Gasteiger partial charge in [0.05, 0.1) is 0 Å². The van der Waals surface area contributed by atoms with Gasteiger partial charge in [0.1, 0.15) is 5.82 Å². The van der Waals surface area contributed by atoms with Crippen LogP contribution in [0, 0.1) is 5.82 Å². The van der Waals surface area contributed by atoms with Crippen molar-refractivity contribution in [3.8, 4) is 0 Å². The standard InChI is InChI=1S/C16H24FN3/c1-12(2)20-13(11-19-8-6-18-7-9-19)10-14-15(17)4-3-5-16(14)20/h3-5,12-13,18H,6-11H2,1-2H3. The summed E-state index contributed by atoms with van der Waals surface area (Å²) in [6, 6.07) is 6.29. The van der Waals surface area contributed by atoms with E-state index in [2.05, 4.69) is 35.0 Å². The summed E-state index contributed by atoms with van der Waals surface area (Å²) in [4.78, 5) is 4.90. The van der Waals surface area contributed by atoms with Crippen molar-refractivity contribution < 1.29 is 4.39 Å². The molecule has 4 heteroatoms. The van der Waals surface area contributed by atoms with Crippen molar-refractivity contribution in [2.75, 3.05) is 37.6 Å². The number of rotatable bonds is 3. The molecule has 0 aromatic heterocycles. The molecule has 2 heterocycles. The molecule has 3 rings (SSSR count). The summed E-state index contributed by atoms with van der Waals surface area (Å²) in [6.45, 7) is 9.76. The normalized spacial score (nSPS) is 23.4. The van der Waals surface area contributed by atoms with Crippen LogP contribution in [0.15, 0.2) is 18.2 Å². The fraction of sp³-hybridized carbons (Fsp3) is 0.625. The van der Waals surface area contributed by atoms with Gasteiger partial charge in [-0.1, -0.05) is 6.07 Å². The molecule has 1 N–H and O–H groups in total. The van der Waals surface area contributed by atoms with Crippen LogP contribution < -0.4 is 10.2 Å². The van der Waals surface area contributed by atoms with Crippen molar-refractivity contribution in [1.82, 2.24) is 10.2 Å². The summed E-state index contributed by atoms with van der Waals surface area (Å²) in [7, 11) is 0. The summed E-state index contributed by atoms with van der Waals surface area (Å²) in [6.07, 6.45) is 0.837. The third kappa shape index (κ3) is 2.54. The van der Waals surface area contributed by atoms with Crippen molar-refractivity contribution >= 4 is 5.69 Å². The third-order valence-electron chi connectivity index (χ3n) is 4.44. The van der Waals surface area contributed by atoms with Crippen LogP contribution in [-0.2, 0) is 6.42 Å². The molecule has 20 heavy (non-hydrogen) atoms. The molecule has 0 spiro atoms. The van der Waals surface area contributed by atoms with E-state index in [-0.39, 0.29) is 5.82 Å². The zero-order valence-electron chi connectivity index (χ0n) is 12.4. The third-order valence-corrected chi connectivity index (χ3v) is 4.44. The first-order chi connectivity index (χ1) is 9.66. The lowest BCUT2D eigenvalue weighted by atomic mass is 10.1. The lowest BCUT2D eigenvalue weighted by Gasteiger charge is -2.36.